The Morgan fingerprint density at radius 1 is 1.27 bits per heavy atom. The van der Waals surface area contributed by atoms with E-state index in [1.165, 1.54) is 37.4 Å². The first-order valence-corrected chi connectivity index (χ1v) is 9.45. The summed E-state index contributed by atoms with van der Waals surface area (Å²) in [6.45, 7) is 1.25. The predicted octanol–water partition coefficient (Wildman–Crippen LogP) is 1.57. The van der Waals surface area contributed by atoms with Crippen molar-refractivity contribution in [3.8, 4) is 0 Å². The number of furan rings is 1. The largest absolute Gasteiger partial charge is 0.438 e. The molecule has 2 N–H and O–H groups in total. The number of carbonyl (C=O) groups is 1. The maximum atomic E-state index is 12.3. The van der Waals surface area contributed by atoms with Crippen LogP contribution >= 0.6 is 12.4 Å². The number of amides is 1. The molecule has 0 saturated carbocycles. The van der Waals surface area contributed by atoms with Crippen molar-refractivity contribution >= 4 is 28.3 Å². The Bertz CT molecular complexity index is 880. The van der Waals surface area contributed by atoms with E-state index in [4.69, 9.17) is 4.42 Å². The van der Waals surface area contributed by atoms with Crippen molar-refractivity contribution in [2.24, 2.45) is 0 Å². The van der Waals surface area contributed by atoms with Crippen LogP contribution in [0.4, 0.5) is 0 Å². The molecule has 0 saturated heterocycles. The summed E-state index contributed by atoms with van der Waals surface area (Å²) in [5, 5.41) is 5.93. The van der Waals surface area contributed by atoms with E-state index in [2.05, 4.69) is 16.7 Å². The zero-order valence-corrected chi connectivity index (χ0v) is 16.2. The lowest BCUT2D eigenvalue weighted by molar-refractivity contribution is 0.0916. The lowest BCUT2D eigenvalue weighted by Crippen LogP contribution is -2.38. The number of rotatable bonds is 5. The summed E-state index contributed by atoms with van der Waals surface area (Å²) in [5.41, 5.74) is 2.45. The third-order valence-electron chi connectivity index (χ3n) is 4.22. The van der Waals surface area contributed by atoms with Crippen molar-refractivity contribution in [2.45, 2.75) is 17.6 Å². The van der Waals surface area contributed by atoms with Gasteiger partial charge in [0, 0.05) is 26.7 Å². The molecule has 1 aliphatic heterocycles. The van der Waals surface area contributed by atoms with Gasteiger partial charge in [-0.15, -0.1) is 12.4 Å². The standard InChI is InChI=1S/C17H21N3O4S.ClH/c1-20(2)25(22,23)16-8-7-15(24-16)17(21)19-11-14-13-6-4-3-5-12(13)9-10-18-14;/h3-8,14,18H,9-11H2,1-2H3,(H,19,21);1H. The molecule has 2 heterocycles. The molecule has 1 unspecified atom stereocenters. The summed E-state index contributed by atoms with van der Waals surface area (Å²) in [7, 11) is -0.878. The molecule has 1 amide bonds. The average molecular weight is 400 g/mol. The van der Waals surface area contributed by atoms with Gasteiger partial charge in [-0.05, 0) is 36.2 Å². The number of fused-ring (bicyclic) bond motifs is 1. The zero-order chi connectivity index (χ0) is 18.0. The number of nitrogens with zero attached hydrogens (tertiary/aromatic N) is 1. The SMILES string of the molecule is CN(C)S(=O)(=O)c1ccc(C(=O)NCC2NCCc3ccccc32)o1.Cl. The monoisotopic (exact) mass is 399 g/mol. The van der Waals surface area contributed by atoms with Gasteiger partial charge in [-0.25, -0.2) is 12.7 Å². The van der Waals surface area contributed by atoms with Crippen LogP contribution in [0, 0.1) is 0 Å². The summed E-state index contributed by atoms with van der Waals surface area (Å²) in [5.74, 6) is -0.463. The van der Waals surface area contributed by atoms with Crippen LogP contribution in [0.5, 0.6) is 0 Å². The number of hydrogen-bond acceptors (Lipinski definition) is 5. The third kappa shape index (κ3) is 4.09. The van der Waals surface area contributed by atoms with Crippen LogP contribution in [-0.4, -0.2) is 45.8 Å². The van der Waals surface area contributed by atoms with Gasteiger partial charge in [-0.1, -0.05) is 24.3 Å². The minimum absolute atomic E-state index is 0. The second-order valence-corrected chi connectivity index (χ2v) is 8.15. The Kier molecular flexibility index (Phi) is 6.46. The summed E-state index contributed by atoms with van der Waals surface area (Å²) in [6, 6.07) is 10.8. The molecule has 142 valence electrons. The van der Waals surface area contributed by atoms with Gasteiger partial charge in [-0.3, -0.25) is 4.79 Å². The van der Waals surface area contributed by atoms with Crippen LogP contribution in [0.2, 0.25) is 0 Å². The van der Waals surface area contributed by atoms with Gasteiger partial charge in [0.15, 0.2) is 5.76 Å². The molecule has 0 radical (unpaired) electrons. The molecule has 0 aliphatic carbocycles. The maximum Gasteiger partial charge on any atom is 0.287 e. The van der Waals surface area contributed by atoms with Crippen molar-refractivity contribution in [3.63, 3.8) is 0 Å². The highest BCUT2D eigenvalue weighted by Crippen LogP contribution is 2.22. The lowest BCUT2D eigenvalue weighted by atomic mass is 9.94. The van der Waals surface area contributed by atoms with Gasteiger partial charge in [-0.2, -0.15) is 0 Å². The first-order valence-electron chi connectivity index (χ1n) is 8.01. The fourth-order valence-corrected chi connectivity index (χ4v) is 3.61. The lowest BCUT2D eigenvalue weighted by Gasteiger charge is -2.27. The van der Waals surface area contributed by atoms with E-state index < -0.39 is 15.9 Å². The highest BCUT2D eigenvalue weighted by atomic mass is 35.5. The van der Waals surface area contributed by atoms with Gasteiger partial charge in [0.25, 0.3) is 15.9 Å². The number of nitrogens with one attached hydrogen (secondary N) is 2. The first kappa shape index (κ1) is 20.4. The van der Waals surface area contributed by atoms with Gasteiger partial charge >= 0.3 is 0 Å². The molecule has 1 aromatic heterocycles. The molecule has 0 bridgehead atoms. The summed E-state index contributed by atoms with van der Waals surface area (Å²) >= 11 is 0. The topological polar surface area (TPSA) is 91.7 Å². The number of hydrogen-bond donors (Lipinski definition) is 2. The van der Waals surface area contributed by atoms with Crippen LogP contribution in [-0.2, 0) is 16.4 Å². The molecule has 1 aliphatic rings. The molecule has 1 atom stereocenters. The number of carbonyl (C=O) groups excluding carboxylic acids is 1. The number of halogens is 1. The molecule has 0 spiro atoms. The molecule has 1 aromatic carbocycles. The van der Waals surface area contributed by atoms with Crippen LogP contribution in [0.1, 0.15) is 27.7 Å². The Balaban J connectivity index is 0.00000243. The number of sulfonamides is 1. The number of benzene rings is 1. The second-order valence-electron chi connectivity index (χ2n) is 6.07. The van der Waals surface area contributed by atoms with Gasteiger partial charge in [0.05, 0.1) is 0 Å². The average Bonchev–Trinajstić information content (AvgIpc) is 3.10. The highest BCUT2D eigenvalue weighted by molar-refractivity contribution is 7.88. The van der Waals surface area contributed by atoms with Crippen LogP contribution in [0.3, 0.4) is 0 Å². The molecule has 7 nitrogen and oxygen atoms in total. The van der Waals surface area contributed by atoms with E-state index in [9.17, 15) is 13.2 Å². The van der Waals surface area contributed by atoms with E-state index in [-0.39, 0.29) is 29.3 Å². The molecule has 2 aromatic rings. The third-order valence-corrected chi connectivity index (χ3v) is 5.91. The van der Waals surface area contributed by atoms with Gasteiger partial charge < -0.3 is 15.1 Å². The van der Waals surface area contributed by atoms with Crippen molar-refractivity contribution in [1.29, 1.82) is 0 Å². The van der Waals surface area contributed by atoms with Gasteiger partial charge in [0.2, 0.25) is 5.09 Å². The summed E-state index contributed by atoms with van der Waals surface area (Å²) in [6.07, 6.45) is 0.963. The Labute approximate surface area is 159 Å². The molecule has 9 heteroatoms. The van der Waals surface area contributed by atoms with E-state index in [0.717, 1.165) is 17.3 Å². The van der Waals surface area contributed by atoms with Crippen molar-refractivity contribution in [2.75, 3.05) is 27.2 Å². The summed E-state index contributed by atoms with van der Waals surface area (Å²) in [4.78, 5) is 12.3. The smallest absolute Gasteiger partial charge is 0.287 e. The molecule has 26 heavy (non-hydrogen) atoms. The Hall–Kier alpha value is -1.87. The van der Waals surface area contributed by atoms with Crippen molar-refractivity contribution < 1.29 is 17.6 Å². The van der Waals surface area contributed by atoms with Crippen LogP contribution < -0.4 is 10.6 Å². The van der Waals surface area contributed by atoms with Gasteiger partial charge in [0.1, 0.15) is 0 Å². The van der Waals surface area contributed by atoms with E-state index >= 15 is 0 Å². The minimum Gasteiger partial charge on any atom is -0.438 e. The quantitative estimate of drug-likeness (QED) is 0.796. The molecule has 0 fully saturated rings. The first-order chi connectivity index (χ1) is 11.9. The maximum absolute atomic E-state index is 12.3. The second kappa shape index (κ2) is 8.22. The van der Waals surface area contributed by atoms with Crippen molar-refractivity contribution in [3.05, 3.63) is 53.3 Å². The highest BCUT2D eigenvalue weighted by Gasteiger charge is 2.24. The van der Waals surface area contributed by atoms with Crippen LogP contribution in [0.25, 0.3) is 0 Å². The predicted molar refractivity (Wildman–Crippen MR) is 100 cm³/mol. The zero-order valence-electron chi connectivity index (χ0n) is 14.6. The van der Waals surface area contributed by atoms with E-state index in [1.54, 1.807) is 0 Å². The van der Waals surface area contributed by atoms with E-state index in [1.807, 2.05) is 18.2 Å². The molecular weight excluding hydrogens is 378 g/mol. The minimum atomic E-state index is -3.69. The normalized spacial score (nSPS) is 16.7. The van der Waals surface area contributed by atoms with E-state index in [0.29, 0.717) is 6.54 Å². The molecule has 3 rings (SSSR count). The Morgan fingerprint density at radius 3 is 2.73 bits per heavy atom. The fraction of sp³-hybridized carbons (Fsp3) is 0.353. The summed E-state index contributed by atoms with van der Waals surface area (Å²) < 4.78 is 30.3. The fourth-order valence-electron chi connectivity index (χ4n) is 2.82. The van der Waals surface area contributed by atoms with Crippen molar-refractivity contribution in [1.82, 2.24) is 14.9 Å². The van der Waals surface area contributed by atoms with Crippen LogP contribution in [0.15, 0.2) is 45.9 Å². The Morgan fingerprint density at radius 2 is 2.00 bits per heavy atom. The molecular formula is C17H22ClN3O4S.